The summed E-state index contributed by atoms with van der Waals surface area (Å²) in [5, 5.41) is 3.28. The van der Waals surface area contributed by atoms with Crippen LogP contribution >= 0.6 is 0 Å². The van der Waals surface area contributed by atoms with Crippen molar-refractivity contribution >= 4 is 22.9 Å². The number of hydrogen-bond acceptors (Lipinski definition) is 5. The van der Waals surface area contributed by atoms with E-state index in [1.807, 2.05) is 0 Å². The summed E-state index contributed by atoms with van der Waals surface area (Å²) in [6, 6.07) is 7.75. The van der Waals surface area contributed by atoms with Gasteiger partial charge in [-0.2, -0.15) is 0 Å². The molecule has 2 aromatic rings. The molecule has 0 aliphatic heterocycles. The number of allylic oxidation sites excluding steroid dienone is 2. The van der Waals surface area contributed by atoms with Crippen LogP contribution in [-0.4, -0.2) is 35.0 Å². The van der Waals surface area contributed by atoms with E-state index in [4.69, 9.17) is 14.7 Å². The lowest BCUT2D eigenvalue weighted by Gasteiger charge is -2.70. The number of carbonyl (C=O) groups excluding carboxylic acids is 2. The number of aromatic nitrogens is 2. The van der Waals surface area contributed by atoms with Gasteiger partial charge in [0, 0.05) is 5.41 Å². The van der Waals surface area contributed by atoms with Crippen molar-refractivity contribution in [2.24, 2.45) is 50.7 Å². The summed E-state index contributed by atoms with van der Waals surface area (Å²) >= 11 is 0. The average Bonchev–Trinajstić information content (AvgIpc) is 3.03. The number of esters is 1. The molecule has 5 aliphatic rings. The Morgan fingerprint density at radius 3 is 2.27 bits per heavy atom. The van der Waals surface area contributed by atoms with Crippen LogP contribution in [0.15, 0.2) is 35.9 Å². The van der Waals surface area contributed by atoms with Crippen LogP contribution in [-0.2, 0) is 26.2 Å². The highest BCUT2D eigenvalue weighted by molar-refractivity contribution is 5.89. The van der Waals surface area contributed by atoms with Gasteiger partial charge in [-0.1, -0.05) is 86.1 Å². The van der Waals surface area contributed by atoms with Crippen molar-refractivity contribution in [3.63, 3.8) is 0 Å². The number of amides is 1. The fourth-order valence-electron chi connectivity index (χ4n) is 12.8. The summed E-state index contributed by atoms with van der Waals surface area (Å²) in [4.78, 5) is 38.2. The molecule has 3 fully saturated rings. The Morgan fingerprint density at radius 2 is 1.59 bits per heavy atom. The van der Waals surface area contributed by atoms with Crippen molar-refractivity contribution in [3.05, 3.63) is 47.3 Å². The third-order valence-corrected chi connectivity index (χ3v) is 15.5. The molecule has 1 amide bonds. The highest BCUT2D eigenvalue weighted by Gasteiger charge is 2.69. The molecule has 1 aromatic heterocycles. The maximum atomic E-state index is 14.7. The quantitative estimate of drug-likeness (QED) is 0.254. The summed E-state index contributed by atoms with van der Waals surface area (Å²) in [5.74, 6) is 1.23. The first-order valence-electron chi connectivity index (χ1n) is 19.3. The molecule has 6 heteroatoms. The van der Waals surface area contributed by atoms with Crippen LogP contribution in [0.2, 0.25) is 0 Å². The molecule has 0 radical (unpaired) electrons. The molecule has 266 valence electrons. The van der Waals surface area contributed by atoms with Gasteiger partial charge in [0.2, 0.25) is 5.91 Å². The lowest BCUT2D eigenvalue weighted by molar-refractivity contribution is -0.169. The third kappa shape index (κ3) is 4.99. The second-order valence-electron chi connectivity index (χ2n) is 19.5. The van der Waals surface area contributed by atoms with E-state index >= 15 is 0 Å². The number of nitrogens with zero attached hydrogens (tertiary/aromatic N) is 2. The van der Waals surface area contributed by atoms with Crippen LogP contribution in [0.5, 0.6) is 0 Å². The van der Waals surface area contributed by atoms with Crippen molar-refractivity contribution < 1.29 is 14.3 Å². The number of hydrogen-bond donors (Lipinski definition) is 1. The Morgan fingerprint density at radius 1 is 0.918 bits per heavy atom. The first-order chi connectivity index (χ1) is 22.9. The van der Waals surface area contributed by atoms with Gasteiger partial charge in [-0.25, -0.2) is 14.8 Å². The van der Waals surface area contributed by atoms with Gasteiger partial charge in [-0.15, -0.1) is 0 Å². The molecule has 8 atom stereocenters. The Balaban J connectivity index is 1.28. The molecule has 0 saturated heterocycles. The van der Waals surface area contributed by atoms with Crippen LogP contribution in [0, 0.1) is 50.7 Å². The maximum Gasteiger partial charge on any atom is 0.328 e. The number of nitrogens with one attached hydrogen (secondary N) is 1. The van der Waals surface area contributed by atoms with Crippen LogP contribution in [0.25, 0.3) is 11.0 Å². The Hall–Kier alpha value is -2.76. The molecular formula is C43H61N3O3. The highest BCUT2D eigenvalue weighted by atomic mass is 16.5. The number of benzene rings is 1. The zero-order chi connectivity index (χ0) is 35.4. The van der Waals surface area contributed by atoms with Crippen LogP contribution in [0.1, 0.15) is 131 Å². The molecule has 0 spiro atoms. The summed E-state index contributed by atoms with van der Waals surface area (Å²) in [7, 11) is 1.43. The monoisotopic (exact) mass is 667 g/mol. The first kappa shape index (κ1) is 34.7. The van der Waals surface area contributed by atoms with E-state index in [1.54, 1.807) is 5.57 Å². The number of ether oxygens (including phenoxy) is 1. The number of rotatable bonds is 5. The molecule has 0 unspecified atom stereocenters. The smallest absolute Gasteiger partial charge is 0.328 e. The fraction of sp³-hybridized carbons (Fsp3) is 0.721. The van der Waals surface area contributed by atoms with Gasteiger partial charge in [-0.05, 0) is 122 Å². The maximum absolute atomic E-state index is 14.7. The molecule has 7 rings (SSSR count). The van der Waals surface area contributed by atoms with Gasteiger partial charge in [0.15, 0.2) is 0 Å². The summed E-state index contributed by atoms with van der Waals surface area (Å²) < 4.78 is 5.18. The van der Waals surface area contributed by atoms with Crippen LogP contribution in [0.3, 0.4) is 0 Å². The van der Waals surface area contributed by atoms with Gasteiger partial charge in [0.1, 0.15) is 6.04 Å². The van der Waals surface area contributed by atoms with Gasteiger partial charge in [-0.3, -0.25) is 4.79 Å². The molecule has 49 heavy (non-hydrogen) atoms. The van der Waals surface area contributed by atoms with Crippen molar-refractivity contribution in [2.45, 2.75) is 138 Å². The number of fused-ring (bicyclic) bond motifs is 9. The number of para-hydroxylation sites is 2. The topological polar surface area (TPSA) is 81.2 Å². The molecule has 1 aromatic carbocycles. The second kappa shape index (κ2) is 11.4. The minimum atomic E-state index is -0.606. The summed E-state index contributed by atoms with van der Waals surface area (Å²) in [6.07, 6.45) is 12.4. The summed E-state index contributed by atoms with van der Waals surface area (Å²) in [6.45, 7) is 21.6. The van der Waals surface area contributed by atoms with Gasteiger partial charge < -0.3 is 10.1 Å². The Labute approximate surface area is 295 Å². The van der Waals surface area contributed by atoms with Crippen molar-refractivity contribution in [2.75, 3.05) is 7.11 Å². The van der Waals surface area contributed by atoms with E-state index in [0.717, 1.165) is 56.0 Å². The predicted octanol–water partition coefficient (Wildman–Crippen LogP) is 9.15. The SMILES string of the molecule is COC(=O)[C@H](CC(C)C)NC(=O)[C@]12CCC(C)(C)C[C@H]1C1=CC[C@@H]3[C@@]4(C)Cc5nc6ccccc6nc5C(C)(C)[C@@H]4CC[C@@]3(C)[C@]1(C)CC2. The Kier molecular flexibility index (Phi) is 8.05. The van der Waals surface area contributed by atoms with Gasteiger partial charge in [0.05, 0.1) is 34.9 Å². The molecule has 5 aliphatic carbocycles. The average molecular weight is 668 g/mol. The predicted molar refractivity (Wildman–Crippen MR) is 196 cm³/mol. The third-order valence-electron chi connectivity index (χ3n) is 15.5. The lowest BCUT2D eigenvalue weighted by atomic mass is 9.33. The number of methoxy groups -OCH3 is 1. The van der Waals surface area contributed by atoms with Crippen molar-refractivity contribution in [1.29, 1.82) is 0 Å². The lowest BCUT2D eigenvalue weighted by Crippen LogP contribution is -2.65. The zero-order valence-corrected chi connectivity index (χ0v) is 32.0. The molecule has 1 heterocycles. The number of carbonyl (C=O) groups is 2. The minimum Gasteiger partial charge on any atom is -0.467 e. The van der Waals surface area contributed by atoms with E-state index in [2.05, 4.69) is 98.0 Å². The molecule has 3 saturated carbocycles. The highest BCUT2D eigenvalue weighted by Crippen LogP contribution is 2.75. The van der Waals surface area contributed by atoms with Crippen molar-refractivity contribution in [3.8, 4) is 0 Å². The minimum absolute atomic E-state index is 0.00489. The zero-order valence-electron chi connectivity index (χ0n) is 32.0. The van der Waals surface area contributed by atoms with Gasteiger partial charge in [0.25, 0.3) is 0 Å². The van der Waals surface area contributed by atoms with Crippen LogP contribution < -0.4 is 5.32 Å². The van der Waals surface area contributed by atoms with Crippen molar-refractivity contribution in [1.82, 2.24) is 15.3 Å². The largest absolute Gasteiger partial charge is 0.467 e. The summed E-state index contributed by atoms with van der Waals surface area (Å²) in [5.41, 5.74) is 5.76. The molecule has 1 N–H and O–H groups in total. The molecule has 6 nitrogen and oxygen atoms in total. The fourth-order valence-corrected chi connectivity index (χ4v) is 12.8. The normalized spacial score (nSPS) is 37.8. The van der Waals surface area contributed by atoms with E-state index in [-0.39, 0.29) is 50.8 Å². The van der Waals surface area contributed by atoms with E-state index in [1.165, 1.54) is 31.3 Å². The molecule has 0 bridgehead atoms. The van der Waals surface area contributed by atoms with Gasteiger partial charge >= 0.3 is 5.97 Å². The van der Waals surface area contributed by atoms with E-state index < -0.39 is 11.5 Å². The standard InChI is InChI=1S/C43H61N3O3/c1-26(2)23-31(36(47)49-10)46-37(48)43-21-19-38(3,4)24-28(43)27-15-16-34-40(7)25-32-35(45-30-14-12-11-13-29(30)44-32)39(5,6)33(40)17-18-42(34,9)41(27,8)20-22-43/h11-15,26,28,31,33-34H,16-25H2,1-10H3,(H,46,48)/t28-,31-,33-,34+,40-,41+,42+,43-/m0/s1. The van der Waals surface area contributed by atoms with E-state index in [0.29, 0.717) is 18.3 Å². The van der Waals surface area contributed by atoms with Crippen LogP contribution in [0.4, 0.5) is 0 Å². The second-order valence-corrected chi connectivity index (χ2v) is 19.5. The molecular weight excluding hydrogens is 606 g/mol. The first-order valence-corrected chi connectivity index (χ1v) is 19.3. The van der Waals surface area contributed by atoms with E-state index in [9.17, 15) is 9.59 Å². The Bertz CT molecular complexity index is 1710.